The Morgan fingerprint density at radius 3 is 2.79 bits per heavy atom. The monoisotopic (exact) mass is 326 g/mol. The van der Waals surface area contributed by atoms with Crippen molar-refractivity contribution in [2.45, 2.75) is 69.9 Å². The van der Waals surface area contributed by atoms with Crippen molar-refractivity contribution in [2.24, 2.45) is 7.05 Å². The topological polar surface area (TPSA) is 62.6 Å². The predicted molar refractivity (Wildman–Crippen MR) is 90.6 cm³/mol. The summed E-state index contributed by atoms with van der Waals surface area (Å²) in [5.41, 5.74) is 2.82. The summed E-state index contributed by atoms with van der Waals surface area (Å²) in [5, 5.41) is 7.56. The Morgan fingerprint density at radius 2 is 1.96 bits per heavy atom. The third-order valence-corrected chi connectivity index (χ3v) is 5.91. The van der Waals surface area contributed by atoms with E-state index in [1.807, 2.05) is 0 Å². The number of likely N-dealkylation sites (tertiary alicyclic amines) is 1. The van der Waals surface area contributed by atoms with E-state index in [-0.39, 0.29) is 0 Å². The van der Waals surface area contributed by atoms with E-state index in [9.17, 15) is 0 Å². The summed E-state index contributed by atoms with van der Waals surface area (Å²) in [4.78, 5) is 12.3. The van der Waals surface area contributed by atoms with Gasteiger partial charge in [-0.1, -0.05) is 0 Å². The van der Waals surface area contributed by atoms with Crippen molar-refractivity contribution in [3.63, 3.8) is 0 Å². The zero-order chi connectivity index (χ0) is 16.1. The van der Waals surface area contributed by atoms with Crippen LogP contribution in [0.1, 0.15) is 79.3 Å². The minimum Gasteiger partial charge on any atom is -0.334 e. The highest BCUT2D eigenvalue weighted by Crippen LogP contribution is 2.38. The predicted octanol–water partition coefficient (Wildman–Crippen LogP) is 2.63. The van der Waals surface area contributed by atoms with Gasteiger partial charge in [-0.2, -0.15) is 5.10 Å². The smallest absolute Gasteiger partial charge is 0.153 e. The van der Waals surface area contributed by atoms with E-state index in [4.69, 9.17) is 9.97 Å². The summed E-state index contributed by atoms with van der Waals surface area (Å²) in [6.07, 6.45) is 9.90. The molecule has 5 rings (SSSR count). The number of nitrogens with one attached hydrogen (secondary N) is 1. The standard InChI is InChI=1S/C18H26N6/c1-23-14-6-3-2-5-13(14)19-18(23)15-7-4-10-24(15)11-16-20-17(22-21-16)12-8-9-12/h12,15H,2-11H2,1H3,(H,20,21,22)/t15-/m1/s1. The number of imidazole rings is 1. The average Bonchev–Trinajstić information content (AvgIpc) is 3.03. The molecule has 1 saturated heterocycles. The molecule has 0 amide bonds. The summed E-state index contributed by atoms with van der Waals surface area (Å²) in [5.74, 6) is 3.92. The maximum absolute atomic E-state index is 5.04. The van der Waals surface area contributed by atoms with Crippen LogP contribution in [0.15, 0.2) is 0 Å². The van der Waals surface area contributed by atoms with Crippen molar-refractivity contribution in [3.05, 3.63) is 28.9 Å². The molecular weight excluding hydrogens is 300 g/mol. The normalized spacial score (nSPS) is 24.5. The van der Waals surface area contributed by atoms with Gasteiger partial charge in [0.1, 0.15) is 11.6 Å². The fraction of sp³-hybridized carbons (Fsp3) is 0.722. The highest BCUT2D eigenvalue weighted by Gasteiger charge is 2.33. The van der Waals surface area contributed by atoms with Crippen LogP contribution in [0.5, 0.6) is 0 Å². The van der Waals surface area contributed by atoms with Crippen LogP contribution in [0.2, 0.25) is 0 Å². The van der Waals surface area contributed by atoms with Crippen LogP contribution in [0, 0.1) is 0 Å². The van der Waals surface area contributed by atoms with Gasteiger partial charge in [-0.3, -0.25) is 10.00 Å². The second kappa shape index (κ2) is 5.69. The summed E-state index contributed by atoms with van der Waals surface area (Å²) in [6.45, 7) is 1.99. The third-order valence-electron chi connectivity index (χ3n) is 5.91. The molecule has 0 unspecified atom stereocenters. The SMILES string of the molecule is Cn1c([C@H]2CCCN2Cc2nc(C3CC3)n[nH]2)nc2c1CCCC2. The van der Waals surface area contributed by atoms with Crippen molar-refractivity contribution in [1.29, 1.82) is 0 Å². The van der Waals surface area contributed by atoms with Gasteiger partial charge in [-0.15, -0.1) is 0 Å². The molecule has 1 atom stereocenters. The molecule has 2 aromatic heterocycles. The highest BCUT2D eigenvalue weighted by atomic mass is 15.3. The molecule has 2 aliphatic carbocycles. The van der Waals surface area contributed by atoms with Crippen LogP contribution in [0.25, 0.3) is 0 Å². The van der Waals surface area contributed by atoms with E-state index < -0.39 is 0 Å². The van der Waals surface area contributed by atoms with E-state index in [1.165, 1.54) is 62.2 Å². The molecule has 24 heavy (non-hydrogen) atoms. The van der Waals surface area contributed by atoms with Gasteiger partial charge < -0.3 is 4.57 Å². The summed E-state index contributed by atoms with van der Waals surface area (Å²) < 4.78 is 2.38. The van der Waals surface area contributed by atoms with Gasteiger partial charge in [-0.05, 0) is 57.9 Å². The zero-order valence-corrected chi connectivity index (χ0v) is 14.5. The van der Waals surface area contributed by atoms with Crippen molar-refractivity contribution in [1.82, 2.24) is 29.6 Å². The number of hydrogen-bond acceptors (Lipinski definition) is 4. The van der Waals surface area contributed by atoms with E-state index in [0.29, 0.717) is 12.0 Å². The first kappa shape index (κ1) is 14.6. The van der Waals surface area contributed by atoms with Gasteiger partial charge >= 0.3 is 0 Å². The number of aryl methyl sites for hydroxylation is 1. The number of aromatic amines is 1. The second-order valence-corrected chi connectivity index (χ2v) is 7.67. The number of fused-ring (bicyclic) bond motifs is 1. The van der Waals surface area contributed by atoms with Gasteiger partial charge in [-0.25, -0.2) is 9.97 Å². The average molecular weight is 326 g/mol. The molecule has 0 spiro atoms. The quantitative estimate of drug-likeness (QED) is 0.938. The summed E-state index contributed by atoms with van der Waals surface area (Å²) >= 11 is 0. The van der Waals surface area contributed by atoms with Crippen molar-refractivity contribution < 1.29 is 0 Å². The number of hydrogen-bond donors (Lipinski definition) is 1. The summed E-state index contributed by atoms with van der Waals surface area (Å²) in [7, 11) is 2.21. The van der Waals surface area contributed by atoms with Crippen LogP contribution < -0.4 is 0 Å². The van der Waals surface area contributed by atoms with Gasteiger partial charge in [0.15, 0.2) is 5.82 Å². The Morgan fingerprint density at radius 1 is 1.08 bits per heavy atom. The van der Waals surface area contributed by atoms with Crippen LogP contribution in [0.3, 0.4) is 0 Å². The van der Waals surface area contributed by atoms with Crippen molar-refractivity contribution in [2.75, 3.05) is 6.54 Å². The van der Waals surface area contributed by atoms with Crippen molar-refractivity contribution >= 4 is 0 Å². The molecule has 2 fully saturated rings. The number of nitrogens with zero attached hydrogens (tertiary/aromatic N) is 5. The number of H-pyrrole nitrogens is 1. The lowest BCUT2D eigenvalue weighted by Gasteiger charge is -2.23. The molecule has 1 aliphatic heterocycles. The Labute approximate surface area is 142 Å². The maximum atomic E-state index is 5.04. The van der Waals surface area contributed by atoms with E-state index in [0.717, 1.165) is 31.2 Å². The summed E-state index contributed by atoms with van der Waals surface area (Å²) in [6, 6.07) is 0.426. The Hall–Kier alpha value is -1.69. The maximum Gasteiger partial charge on any atom is 0.153 e. The first-order valence-electron chi connectivity index (χ1n) is 9.49. The van der Waals surface area contributed by atoms with E-state index in [2.05, 4.69) is 26.7 Å². The fourth-order valence-electron chi connectivity index (χ4n) is 4.41. The molecule has 3 heterocycles. The van der Waals surface area contributed by atoms with Gasteiger partial charge in [0, 0.05) is 18.7 Å². The Balaban J connectivity index is 1.37. The third kappa shape index (κ3) is 2.48. The Kier molecular flexibility index (Phi) is 3.47. The van der Waals surface area contributed by atoms with E-state index >= 15 is 0 Å². The first-order valence-corrected chi connectivity index (χ1v) is 9.49. The molecule has 2 aromatic rings. The molecule has 3 aliphatic rings. The fourth-order valence-corrected chi connectivity index (χ4v) is 4.41. The minimum atomic E-state index is 0.426. The molecule has 0 radical (unpaired) electrons. The molecule has 0 aromatic carbocycles. The van der Waals surface area contributed by atoms with Crippen LogP contribution >= 0.6 is 0 Å². The highest BCUT2D eigenvalue weighted by molar-refractivity contribution is 5.22. The van der Waals surface area contributed by atoms with Crippen molar-refractivity contribution in [3.8, 4) is 0 Å². The minimum absolute atomic E-state index is 0.426. The molecule has 6 nitrogen and oxygen atoms in total. The molecule has 1 N–H and O–H groups in total. The Bertz CT molecular complexity index is 741. The molecule has 6 heteroatoms. The lowest BCUT2D eigenvalue weighted by Crippen LogP contribution is -2.25. The van der Waals surface area contributed by atoms with Crippen LogP contribution in [-0.4, -0.2) is 36.2 Å². The van der Waals surface area contributed by atoms with Gasteiger partial charge in [0.25, 0.3) is 0 Å². The zero-order valence-electron chi connectivity index (χ0n) is 14.5. The van der Waals surface area contributed by atoms with Gasteiger partial charge in [0.2, 0.25) is 0 Å². The number of aromatic nitrogens is 5. The number of rotatable bonds is 4. The van der Waals surface area contributed by atoms with Gasteiger partial charge in [0.05, 0.1) is 18.3 Å². The molecular formula is C18H26N6. The second-order valence-electron chi connectivity index (χ2n) is 7.67. The lowest BCUT2D eigenvalue weighted by molar-refractivity contribution is 0.230. The lowest BCUT2D eigenvalue weighted by atomic mass is 10.0. The molecule has 0 bridgehead atoms. The molecule has 1 saturated carbocycles. The first-order chi connectivity index (χ1) is 11.8. The van der Waals surface area contributed by atoms with E-state index in [1.54, 1.807) is 0 Å². The van der Waals surface area contributed by atoms with Crippen LogP contribution in [0.4, 0.5) is 0 Å². The van der Waals surface area contributed by atoms with Crippen LogP contribution in [-0.2, 0) is 26.4 Å². The molecule has 128 valence electrons. The largest absolute Gasteiger partial charge is 0.334 e.